The van der Waals surface area contributed by atoms with E-state index in [4.69, 9.17) is 4.42 Å². The molecule has 0 aliphatic heterocycles. The average Bonchev–Trinajstić information content (AvgIpc) is 3.32. The number of hydrogen-bond donors (Lipinski definition) is 3. The lowest BCUT2D eigenvalue weighted by molar-refractivity contribution is 0.300. The first-order valence-electron chi connectivity index (χ1n) is 10.6. The predicted molar refractivity (Wildman–Crippen MR) is 130 cm³/mol. The maximum Gasteiger partial charge on any atom is 0.256 e. The first kappa shape index (κ1) is 25.0. The summed E-state index contributed by atoms with van der Waals surface area (Å²) < 4.78 is 32.3. The Morgan fingerprint density at radius 2 is 1.73 bits per heavy atom. The van der Waals surface area contributed by atoms with Gasteiger partial charge in [-0.25, -0.2) is 8.42 Å². The van der Waals surface area contributed by atoms with Crippen LogP contribution in [-0.4, -0.2) is 30.9 Å². The molecule has 1 atom stereocenters. The Morgan fingerprint density at radius 3 is 2.24 bits per heavy atom. The van der Waals surface area contributed by atoms with Gasteiger partial charge < -0.3 is 20.2 Å². The number of sulfonamides is 1. The van der Waals surface area contributed by atoms with Gasteiger partial charge in [-0.1, -0.05) is 34.6 Å². The highest BCUT2D eigenvalue weighted by Gasteiger charge is 2.34. The van der Waals surface area contributed by atoms with Crippen molar-refractivity contribution in [2.75, 3.05) is 23.7 Å². The standard InChI is InChI=1S/C22H29N3O6S2/c1-7-25(8-2)33(29,30)21-17(26)13(11-32-21)23-15-16(19(28)18(15)27)24-20(22(4,5)6)14-10-9-12(3)31-14/h9-11,20,23-24,26H,7-8H2,1-6H3/t20-/m0/s1. The van der Waals surface area contributed by atoms with Crippen molar-refractivity contribution in [3.63, 3.8) is 0 Å². The summed E-state index contributed by atoms with van der Waals surface area (Å²) in [7, 11) is -3.88. The molecule has 3 rings (SSSR count). The van der Waals surface area contributed by atoms with E-state index in [2.05, 4.69) is 10.6 Å². The third-order valence-corrected chi connectivity index (χ3v) is 8.92. The molecule has 3 aromatic rings. The molecule has 2 heterocycles. The molecule has 2 aromatic heterocycles. The molecule has 0 amide bonds. The SMILES string of the molecule is CCN(CC)S(=O)(=O)c1scc(Nc2c(N[C@@H](c3ccc(C)o3)C(C)(C)C)c(=O)c2=O)c1O. The molecule has 0 radical (unpaired) electrons. The van der Waals surface area contributed by atoms with Crippen molar-refractivity contribution < 1.29 is 17.9 Å². The third-order valence-electron chi connectivity index (χ3n) is 5.38. The number of aryl methyl sites for hydroxylation is 1. The predicted octanol–water partition coefficient (Wildman–Crippen LogP) is 3.92. The van der Waals surface area contributed by atoms with Crippen LogP contribution in [0.4, 0.5) is 17.1 Å². The fraction of sp³-hybridized carbons (Fsp3) is 0.455. The summed E-state index contributed by atoms with van der Waals surface area (Å²) in [5, 5.41) is 17.9. The van der Waals surface area contributed by atoms with Crippen LogP contribution in [0.25, 0.3) is 0 Å². The van der Waals surface area contributed by atoms with Crippen molar-refractivity contribution in [3.8, 4) is 5.75 Å². The fourth-order valence-electron chi connectivity index (χ4n) is 3.54. The molecule has 0 saturated carbocycles. The summed E-state index contributed by atoms with van der Waals surface area (Å²) in [6, 6.07) is 3.22. The van der Waals surface area contributed by atoms with E-state index >= 15 is 0 Å². The molecule has 0 fully saturated rings. The summed E-state index contributed by atoms with van der Waals surface area (Å²) >= 11 is 0.843. The number of anilines is 3. The number of aromatic hydroxyl groups is 1. The number of nitrogens with one attached hydrogen (secondary N) is 2. The Morgan fingerprint density at radius 1 is 1.12 bits per heavy atom. The molecule has 0 saturated heterocycles. The molecule has 0 aliphatic rings. The van der Waals surface area contributed by atoms with Gasteiger partial charge in [0.2, 0.25) is 0 Å². The lowest BCUT2D eigenvalue weighted by Gasteiger charge is -2.31. The number of rotatable bonds is 9. The number of furan rings is 1. The van der Waals surface area contributed by atoms with Crippen LogP contribution in [0.2, 0.25) is 0 Å². The normalized spacial score (nSPS) is 13.5. The number of nitrogens with zero attached hydrogens (tertiary/aromatic N) is 1. The Hall–Kier alpha value is -2.63. The van der Waals surface area contributed by atoms with Crippen molar-refractivity contribution in [1.29, 1.82) is 0 Å². The molecular weight excluding hydrogens is 466 g/mol. The summed E-state index contributed by atoms with van der Waals surface area (Å²) in [6.45, 7) is 11.6. The zero-order valence-corrected chi connectivity index (χ0v) is 21.1. The Labute approximate surface area is 196 Å². The van der Waals surface area contributed by atoms with Crippen molar-refractivity contribution in [2.45, 2.75) is 51.8 Å². The van der Waals surface area contributed by atoms with Crippen LogP contribution in [-0.2, 0) is 10.0 Å². The maximum atomic E-state index is 12.8. The van der Waals surface area contributed by atoms with Gasteiger partial charge in [-0.15, -0.1) is 11.3 Å². The molecule has 11 heteroatoms. The van der Waals surface area contributed by atoms with E-state index < -0.39 is 32.7 Å². The topological polar surface area (TPSA) is 129 Å². The minimum Gasteiger partial charge on any atom is -0.504 e. The van der Waals surface area contributed by atoms with Crippen LogP contribution in [0.5, 0.6) is 5.75 Å². The summed E-state index contributed by atoms with van der Waals surface area (Å²) in [4.78, 5) is 24.7. The van der Waals surface area contributed by atoms with Gasteiger partial charge in [-0.2, -0.15) is 4.31 Å². The minimum atomic E-state index is -3.88. The quantitative estimate of drug-likeness (QED) is 0.381. The van der Waals surface area contributed by atoms with Crippen LogP contribution in [0.15, 0.2) is 35.7 Å². The third kappa shape index (κ3) is 4.57. The largest absolute Gasteiger partial charge is 0.504 e. The minimum absolute atomic E-state index is 0.0302. The molecule has 0 unspecified atom stereocenters. The van der Waals surface area contributed by atoms with Gasteiger partial charge in [-0.05, 0) is 24.5 Å². The van der Waals surface area contributed by atoms with Gasteiger partial charge in [0.25, 0.3) is 20.9 Å². The number of hydrogen-bond acceptors (Lipinski definition) is 9. The molecule has 3 N–H and O–H groups in total. The Bertz CT molecular complexity index is 1320. The van der Waals surface area contributed by atoms with Gasteiger partial charge in [0.05, 0.1) is 11.7 Å². The first-order chi connectivity index (χ1) is 15.3. The van der Waals surface area contributed by atoms with E-state index in [0.29, 0.717) is 5.76 Å². The van der Waals surface area contributed by atoms with Gasteiger partial charge >= 0.3 is 0 Å². The highest BCUT2D eigenvalue weighted by molar-refractivity contribution is 7.91. The molecule has 0 bridgehead atoms. The maximum absolute atomic E-state index is 12.8. The van der Waals surface area contributed by atoms with Gasteiger partial charge in [0.1, 0.15) is 22.9 Å². The van der Waals surface area contributed by atoms with E-state index in [0.717, 1.165) is 17.1 Å². The average molecular weight is 496 g/mol. The van der Waals surface area contributed by atoms with Gasteiger partial charge in [0, 0.05) is 18.5 Å². The zero-order chi connectivity index (χ0) is 24.7. The van der Waals surface area contributed by atoms with Crippen LogP contribution in [0.1, 0.15) is 52.2 Å². The van der Waals surface area contributed by atoms with Crippen LogP contribution >= 0.6 is 11.3 Å². The Balaban J connectivity index is 1.94. The fourth-order valence-corrected chi connectivity index (χ4v) is 6.37. The molecule has 0 spiro atoms. The molecule has 1 aromatic carbocycles. The zero-order valence-electron chi connectivity index (χ0n) is 19.5. The summed E-state index contributed by atoms with van der Waals surface area (Å²) in [6.07, 6.45) is 0. The summed E-state index contributed by atoms with van der Waals surface area (Å²) in [5.41, 5.74) is -1.73. The van der Waals surface area contributed by atoms with E-state index in [1.807, 2.05) is 39.8 Å². The van der Waals surface area contributed by atoms with Gasteiger partial charge in [-0.3, -0.25) is 9.59 Å². The molecular formula is C22H29N3O6S2. The van der Waals surface area contributed by atoms with E-state index in [1.54, 1.807) is 13.8 Å². The first-order valence-corrected chi connectivity index (χ1v) is 12.9. The van der Waals surface area contributed by atoms with Crippen LogP contribution < -0.4 is 21.5 Å². The van der Waals surface area contributed by atoms with Crippen LogP contribution in [0, 0.1) is 12.3 Å². The number of thiophene rings is 1. The second-order valence-electron chi connectivity index (χ2n) is 8.80. The van der Waals surface area contributed by atoms with Crippen molar-refractivity contribution in [2.24, 2.45) is 5.41 Å². The van der Waals surface area contributed by atoms with Crippen molar-refractivity contribution >= 4 is 38.4 Å². The second-order valence-corrected chi connectivity index (χ2v) is 11.8. The van der Waals surface area contributed by atoms with E-state index in [9.17, 15) is 23.1 Å². The van der Waals surface area contributed by atoms with E-state index in [-0.39, 0.29) is 39.8 Å². The van der Waals surface area contributed by atoms with Crippen molar-refractivity contribution in [3.05, 3.63) is 49.5 Å². The lowest BCUT2D eigenvalue weighted by Crippen LogP contribution is -2.39. The molecule has 33 heavy (non-hydrogen) atoms. The molecule has 9 nitrogen and oxygen atoms in total. The lowest BCUT2D eigenvalue weighted by atomic mass is 9.85. The second kappa shape index (κ2) is 8.96. The molecule has 0 aliphatic carbocycles. The Kier molecular flexibility index (Phi) is 6.79. The monoisotopic (exact) mass is 495 g/mol. The molecule has 180 valence electrons. The van der Waals surface area contributed by atoms with Crippen molar-refractivity contribution in [1.82, 2.24) is 4.31 Å². The highest BCUT2D eigenvalue weighted by Crippen LogP contribution is 2.42. The highest BCUT2D eigenvalue weighted by atomic mass is 32.2. The van der Waals surface area contributed by atoms with E-state index in [1.165, 1.54) is 9.69 Å². The van der Waals surface area contributed by atoms with Gasteiger partial charge in [0.15, 0.2) is 9.96 Å². The summed E-state index contributed by atoms with van der Waals surface area (Å²) in [5.74, 6) is 0.847. The smallest absolute Gasteiger partial charge is 0.256 e. The van der Waals surface area contributed by atoms with Crippen LogP contribution in [0.3, 0.4) is 0 Å².